The lowest BCUT2D eigenvalue weighted by atomic mass is 10.3. The summed E-state index contributed by atoms with van der Waals surface area (Å²) in [5.74, 6) is -1.79. The molecule has 0 aliphatic heterocycles. The third kappa shape index (κ3) is 2.37. The van der Waals surface area contributed by atoms with Gasteiger partial charge in [-0.2, -0.15) is 9.37 Å². The number of nitrogens with zero attached hydrogens (tertiary/aromatic N) is 2. The third-order valence-electron chi connectivity index (χ3n) is 2.33. The highest BCUT2D eigenvalue weighted by molar-refractivity contribution is 5.43. The number of hydrogen-bond donors (Lipinski definition) is 1. The Morgan fingerprint density at radius 1 is 1.28 bits per heavy atom. The number of aryl methyl sites for hydroxylation is 1. The van der Waals surface area contributed by atoms with Gasteiger partial charge in [0.05, 0.1) is 5.69 Å². The van der Waals surface area contributed by atoms with Crippen LogP contribution in [0.25, 0.3) is 0 Å². The van der Waals surface area contributed by atoms with E-state index >= 15 is 0 Å². The fourth-order valence-electron chi connectivity index (χ4n) is 1.41. The van der Waals surface area contributed by atoms with Gasteiger partial charge in [0.15, 0.2) is 11.6 Å². The minimum absolute atomic E-state index is 0.135. The van der Waals surface area contributed by atoms with E-state index in [2.05, 4.69) is 9.97 Å². The molecule has 2 aromatic rings. The average molecular weight is 251 g/mol. The molecule has 1 heterocycles. The van der Waals surface area contributed by atoms with Gasteiger partial charge in [-0.25, -0.2) is 9.37 Å². The highest BCUT2D eigenvalue weighted by Gasteiger charge is 2.13. The number of benzene rings is 1. The van der Waals surface area contributed by atoms with Gasteiger partial charge < -0.3 is 10.5 Å². The van der Waals surface area contributed by atoms with Crippen LogP contribution < -0.4 is 10.5 Å². The first kappa shape index (κ1) is 12.2. The zero-order valence-electron chi connectivity index (χ0n) is 9.65. The molecule has 0 saturated carbocycles. The summed E-state index contributed by atoms with van der Waals surface area (Å²) in [7, 11) is 0. The van der Waals surface area contributed by atoms with Crippen LogP contribution in [0.2, 0.25) is 0 Å². The van der Waals surface area contributed by atoms with Gasteiger partial charge in [-0.3, -0.25) is 0 Å². The van der Waals surface area contributed by atoms with Gasteiger partial charge in [-0.1, -0.05) is 6.92 Å². The number of rotatable bonds is 3. The lowest BCUT2D eigenvalue weighted by molar-refractivity contribution is 0.393. The van der Waals surface area contributed by atoms with Gasteiger partial charge in [-0.15, -0.1) is 0 Å². The summed E-state index contributed by atoms with van der Waals surface area (Å²) in [5.41, 5.74) is 5.88. The summed E-state index contributed by atoms with van der Waals surface area (Å²) in [5, 5.41) is 0. The summed E-state index contributed by atoms with van der Waals surface area (Å²) in [4.78, 5) is 7.40. The Kier molecular flexibility index (Phi) is 3.36. The second-order valence-electron chi connectivity index (χ2n) is 3.58. The van der Waals surface area contributed by atoms with Crippen LogP contribution in [-0.2, 0) is 6.42 Å². The Bertz CT molecular complexity index is 575. The predicted molar refractivity (Wildman–Crippen MR) is 62.3 cm³/mol. The van der Waals surface area contributed by atoms with Crippen molar-refractivity contribution >= 4 is 5.69 Å². The normalized spacial score (nSPS) is 10.4. The molecule has 0 amide bonds. The number of anilines is 1. The van der Waals surface area contributed by atoms with E-state index in [-0.39, 0.29) is 23.0 Å². The topological polar surface area (TPSA) is 61.0 Å². The van der Waals surface area contributed by atoms with Crippen LogP contribution in [0.5, 0.6) is 11.6 Å². The van der Waals surface area contributed by atoms with Crippen molar-refractivity contribution < 1.29 is 13.5 Å². The molecule has 0 spiro atoms. The first-order valence-corrected chi connectivity index (χ1v) is 5.34. The quantitative estimate of drug-likeness (QED) is 0.852. The molecule has 2 rings (SSSR count). The molecule has 0 unspecified atom stereocenters. The molecule has 0 aliphatic rings. The van der Waals surface area contributed by atoms with Crippen molar-refractivity contribution in [3.8, 4) is 11.6 Å². The maximum atomic E-state index is 13.8. The molecule has 4 nitrogen and oxygen atoms in total. The Morgan fingerprint density at radius 2 is 2.06 bits per heavy atom. The molecular formula is C12H11F2N3O. The van der Waals surface area contributed by atoms with Crippen molar-refractivity contribution in [3.63, 3.8) is 0 Å². The third-order valence-corrected chi connectivity index (χ3v) is 2.33. The van der Waals surface area contributed by atoms with E-state index in [1.807, 2.05) is 0 Å². The lowest BCUT2D eigenvalue weighted by Crippen LogP contribution is -2.00. The zero-order valence-corrected chi connectivity index (χ0v) is 9.65. The van der Waals surface area contributed by atoms with Crippen LogP contribution in [0.15, 0.2) is 24.5 Å². The fraction of sp³-hybridized carbons (Fsp3) is 0.167. The van der Waals surface area contributed by atoms with Crippen LogP contribution in [0, 0.1) is 11.6 Å². The lowest BCUT2D eigenvalue weighted by Gasteiger charge is -2.08. The molecule has 0 saturated heterocycles. The minimum atomic E-state index is -0.684. The number of halogens is 2. The Balaban J connectivity index is 2.34. The number of ether oxygens (including phenoxy) is 1. The number of aromatic nitrogens is 2. The molecule has 1 aromatic heterocycles. The van der Waals surface area contributed by atoms with Crippen LogP contribution in [-0.4, -0.2) is 9.97 Å². The smallest absolute Gasteiger partial charge is 0.259 e. The molecule has 2 N–H and O–H groups in total. The van der Waals surface area contributed by atoms with Gasteiger partial charge in [0.25, 0.3) is 5.88 Å². The van der Waals surface area contributed by atoms with Gasteiger partial charge in [0.1, 0.15) is 6.33 Å². The maximum absolute atomic E-state index is 13.8. The number of hydrogen-bond acceptors (Lipinski definition) is 4. The molecule has 0 atom stereocenters. The van der Waals surface area contributed by atoms with Gasteiger partial charge >= 0.3 is 0 Å². The molecule has 18 heavy (non-hydrogen) atoms. The van der Waals surface area contributed by atoms with Gasteiger partial charge in [-0.05, 0) is 18.6 Å². The number of nitrogens with two attached hydrogens (primary N) is 1. The van der Waals surface area contributed by atoms with Crippen molar-refractivity contribution in [3.05, 3.63) is 41.9 Å². The first-order valence-electron chi connectivity index (χ1n) is 5.34. The van der Waals surface area contributed by atoms with Crippen LogP contribution >= 0.6 is 0 Å². The fourth-order valence-corrected chi connectivity index (χ4v) is 1.41. The largest absolute Gasteiger partial charge is 0.433 e. The van der Waals surface area contributed by atoms with Crippen molar-refractivity contribution in [2.24, 2.45) is 0 Å². The van der Waals surface area contributed by atoms with Crippen molar-refractivity contribution in [1.29, 1.82) is 0 Å². The van der Waals surface area contributed by atoms with Gasteiger partial charge in [0.2, 0.25) is 5.82 Å². The van der Waals surface area contributed by atoms with E-state index in [1.165, 1.54) is 18.5 Å². The van der Waals surface area contributed by atoms with Crippen LogP contribution in [0.4, 0.5) is 14.5 Å². The van der Waals surface area contributed by atoms with Crippen molar-refractivity contribution in [1.82, 2.24) is 9.97 Å². The van der Waals surface area contributed by atoms with E-state index in [4.69, 9.17) is 10.5 Å². The average Bonchev–Trinajstić information content (AvgIpc) is 2.35. The predicted octanol–water partition coefficient (Wildman–Crippen LogP) is 2.69. The van der Waals surface area contributed by atoms with Crippen LogP contribution in [0.1, 0.15) is 12.6 Å². The molecule has 0 bridgehead atoms. The van der Waals surface area contributed by atoms with E-state index in [9.17, 15) is 8.78 Å². The Morgan fingerprint density at radius 3 is 2.72 bits per heavy atom. The summed E-state index contributed by atoms with van der Waals surface area (Å²) >= 11 is 0. The molecule has 0 aliphatic carbocycles. The second-order valence-corrected chi connectivity index (χ2v) is 3.58. The summed E-state index contributed by atoms with van der Waals surface area (Å²) in [6.45, 7) is 1.75. The summed E-state index contributed by atoms with van der Waals surface area (Å²) < 4.78 is 32.3. The Labute approximate surface area is 102 Å². The highest BCUT2D eigenvalue weighted by atomic mass is 19.1. The van der Waals surface area contributed by atoms with Crippen LogP contribution in [0.3, 0.4) is 0 Å². The summed E-state index contributed by atoms with van der Waals surface area (Å²) in [6, 6.07) is 3.87. The SMILES string of the molecule is CCc1ncnc(Oc2ccc(N)cc2F)c1F. The molecule has 94 valence electrons. The molecule has 6 heteroatoms. The van der Waals surface area contributed by atoms with Gasteiger partial charge in [0, 0.05) is 11.8 Å². The monoisotopic (exact) mass is 251 g/mol. The minimum Gasteiger partial charge on any atom is -0.433 e. The molecule has 1 aromatic carbocycles. The van der Waals surface area contributed by atoms with Crippen molar-refractivity contribution in [2.75, 3.05) is 5.73 Å². The van der Waals surface area contributed by atoms with E-state index in [0.717, 1.165) is 6.07 Å². The molecule has 0 radical (unpaired) electrons. The van der Waals surface area contributed by atoms with E-state index < -0.39 is 11.6 Å². The second kappa shape index (κ2) is 4.95. The van der Waals surface area contributed by atoms with E-state index in [0.29, 0.717) is 6.42 Å². The first-order chi connectivity index (χ1) is 8.61. The standard InChI is InChI=1S/C12H11F2N3O/c1-2-9-11(14)12(17-6-16-9)18-10-4-3-7(15)5-8(10)13/h3-6H,2,15H2,1H3. The molecular weight excluding hydrogens is 240 g/mol. The zero-order chi connectivity index (χ0) is 13.1. The Hall–Kier alpha value is -2.24. The summed E-state index contributed by atoms with van der Waals surface area (Å²) in [6.07, 6.45) is 1.57. The maximum Gasteiger partial charge on any atom is 0.259 e. The number of nitrogen functional groups attached to an aromatic ring is 1. The van der Waals surface area contributed by atoms with Crippen molar-refractivity contribution in [2.45, 2.75) is 13.3 Å². The highest BCUT2D eigenvalue weighted by Crippen LogP contribution is 2.26. The molecule has 0 fully saturated rings. The van der Waals surface area contributed by atoms with E-state index in [1.54, 1.807) is 6.92 Å².